The van der Waals surface area contributed by atoms with Crippen molar-refractivity contribution in [3.63, 3.8) is 0 Å². The first kappa shape index (κ1) is 20.3. The molecule has 144 valence electrons. The van der Waals surface area contributed by atoms with Crippen LogP contribution in [0.2, 0.25) is 0 Å². The molecular weight excluding hydrogens is 362 g/mol. The fraction of sp³-hybridized carbons (Fsp3) is 0.562. The molecule has 1 aliphatic heterocycles. The average Bonchev–Trinajstić information content (AvgIpc) is 2.54. The van der Waals surface area contributed by atoms with Crippen LogP contribution in [0.25, 0.3) is 0 Å². The molecule has 1 heterocycles. The Hall–Kier alpha value is -2.04. The number of morpholine rings is 1. The second-order valence-corrected chi connectivity index (χ2v) is 8.39. The molecular formula is C16H23N3O6S. The fourth-order valence-corrected chi connectivity index (χ4v) is 4.37. The van der Waals surface area contributed by atoms with E-state index in [1.807, 2.05) is 13.8 Å². The second kappa shape index (κ2) is 8.56. The van der Waals surface area contributed by atoms with Crippen LogP contribution in [-0.2, 0) is 26.0 Å². The van der Waals surface area contributed by atoms with Crippen molar-refractivity contribution in [2.75, 3.05) is 25.4 Å². The zero-order valence-corrected chi connectivity index (χ0v) is 15.6. The van der Waals surface area contributed by atoms with E-state index in [-0.39, 0.29) is 55.3 Å². The highest BCUT2D eigenvalue weighted by molar-refractivity contribution is 7.89. The Bertz CT molecular complexity index is 757. The van der Waals surface area contributed by atoms with E-state index in [2.05, 4.69) is 5.32 Å². The number of sulfonamides is 1. The van der Waals surface area contributed by atoms with Crippen molar-refractivity contribution in [1.29, 1.82) is 0 Å². The Labute approximate surface area is 152 Å². The van der Waals surface area contributed by atoms with Gasteiger partial charge in [0.05, 0.1) is 29.3 Å². The van der Waals surface area contributed by atoms with Crippen molar-refractivity contribution in [3.05, 3.63) is 39.9 Å². The summed E-state index contributed by atoms with van der Waals surface area (Å²) >= 11 is 0. The summed E-state index contributed by atoms with van der Waals surface area (Å²) in [7, 11) is -3.51. The van der Waals surface area contributed by atoms with Crippen LogP contribution in [0, 0.1) is 10.1 Å². The molecule has 2 atom stereocenters. The van der Waals surface area contributed by atoms with E-state index in [1.165, 1.54) is 22.5 Å². The van der Waals surface area contributed by atoms with Crippen LogP contribution in [0.4, 0.5) is 5.69 Å². The standard InChI is InChI=1S/C16H23N3O6S/c1-12-10-18(11-13(2)25-12)26(23,24)8-7-17-16(20)9-14-5-3-4-6-15(14)19(21)22/h3-6,12-13H,7-11H2,1-2H3,(H,17,20)/t12-,13-/m0/s1. The molecule has 0 aromatic heterocycles. The van der Waals surface area contributed by atoms with E-state index in [1.54, 1.807) is 6.07 Å². The molecule has 1 N–H and O–H groups in total. The SMILES string of the molecule is C[C@H]1CN(S(=O)(=O)CCNC(=O)Cc2ccccc2[N+](=O)[O-])C[C@H](C)O1. The van der Waals surface area contributed by atoms with Crippen LogP contribution >= 0.6 is 0 Å². The van der Waals surface area contributed by atoms with Crippen molar-refractivity contribution in [2.45, 2.75) is 32.5 Å². The summed E-state index contributed by atoms with van der Waals surface area (Å²) in [6.07, 6.45) is -0.536. The van der Waals surface area contributed by atoms with Crippen molar-refractivity contribution < 1.29 is 22.9 Å². The summed E-state index contributed by atoms with van der Waals surface area (Å²) < 4.78 is 31.7. The molecule has 0 aliphatic carbocycles. The van der Waals surface area contributed by atoms with Crippen molar-refractivity contribution in [3.8, 4) is 0 Å². The zero-order valence-electron chi connectivity index (χ0n) is 14.8. The summed E-state index contributed by atoms with van der Waals surface area (Å²) in [5.74, 6) is -0.687. The minimum atomic E-state index is -3.51. The third-order valence-electron chi connectivity index (χ3n) is 4.00. The number of carbonyl (C=O) groups is 1. The molecule has 0 radical (unpaired) electrons. The second-order valence-electron chi connectivity index (χ2n) is 6.30. The molecule has 1 saturated heterocycles. The molecule has 1 fully saturated rings. The molecule has 10 heteroatoms. The van der Waals surface area contributed by atoms with Crippen LogP contribution in [0.1, 0.15) is 19.4 Å². The van der Waals surface area contributed by atoms with Gasteiger partial charge >= 0.3 is 0 Å². The molecule has 26 heavy (non-hydrogen) atoms. The lowest BCUT2D eigenvalue weighted by atomic mass is 10.1. The van der Waals surface area contributed by atoms with Crippen LogP contribution in [0.15, 0.2) is 24.3 Å². The first-order valence-electron chi connectivity index (χ1n) is 8.31. The number of amides is 1. The normalized spacial score (nSPS) is 21.3. The van der Waals surface area contributed by atoms with Crippen molar-refractivity contribution >= 4 is 21.6 Å². The van der Waals surface area contributed by atoms with E-state index in [9.17, 15) is 23.3 Å². The summed E-state index contributed by atoms with van der Waals surface area (Å²) in [5.41, 5.74) is 0.153. The number of benzene rings is 1. The lowest BCUT2D eigenvalue weighted by molar-refractivity contribution is -0.385. The molecule has 0 saturated carbocycles. The van der Waals surface area contributed by atoms with E-state index >= 15 is 0 Å². The highest BCUT2D eigenvalue weighted by atomic mass is 32.2. The summed E-state index contributed by atoms with van der Waals surface area (Å²) in [6, 6.07) is 5.97. The molecule has 0 unspecified atom stereocenters. The van der Waals surface area contributed by atoms with E-state index in [4.69, 9.17) is 4.74 Å². The lowest BCUT2D eigenvalue weighted by Crippen LogP contribution is -2.49. The number of nitro groups is 1. The monoisotopic (exact) mass is 385 g/mol. The Morgan fingerprint density at radius 1 is 1.31 bits per heavy atom. The number of carbonyl (C=O) groups excluding carboxylic acids is 1. The molecule has 1 aliphatic rings. The van der Waals surface area contributed by atoms with Gasteiger partial charge in [0.25, 0.3) is 5.69 Å². The average molecular weight is 385 g/mol. The topological polar surface area (TPSA) is 119 Å². The van der Waals surface area contributed by atoms with E-state index in [0.717, 1.165) is 0 Å². The smallest absolute Gasteiger partial charge is 0.273 e. The highest BCUT2D eigenvalue weighted by Gasteiger charge is 2.30. The molecule has 9 nitrogen and oxygen atoms in total. The molecule has 0 bridgehead atoms. The largest absolute Gasteiger partial charge is 0.373 e. The van der Waals surface area contributed by atoms with Crippen molar-refractivity contribution in [2.24, 2.45) is 0 Å². The number of para-hydroxylation sites is 1. The first-order valence-corrected chi connectivity index (χ1v) is 9.92. The fourth-order valence-electron chi connectivity index (χ4n) is 2.88. The Kier molecular flexibility index (Phi) is 6.68. The Morgan fingerprint density at radius 2 is 1.92 bits per heavy atom. The number of hydrogen-bond acceptors (Lipinski definition) is 6. The first-order chi connectivity index (χ1) is 12.2. The summed E-state index contributed by atoms with van der Waals surface area (Å²) in [6.45, 7) is 4.15. The number of hydrogen-bond donors (Lipinski definition) is 1. The van der Waals surface area contributed by atoms with E-state index < -0.39 is 20.9 Å². The molecule has 0 spiro atoms. The van der Waals surface area contributed by atoms with Gasteiger partial charge < -0.3 is 10.1 Å². The van der Waals surface area contributed by atoms with Crippen LogP contribution in [0.3, 0.4) is 0 Å². The highest BCUT2D eigenvalue weighted by Crippen LogP contribution is 2.18. The van der Waals surface area contributed by atoms with E-state index in [0.29, 0.717) is 0 Å². The minimum absolute atomic E-state index is 0.0537. The maximum Gasteiger partial charge on any atom is 0.273 e. The maximum absolute atomic E-state index is 12.4. The van der Waals surface area contributed by atoms with Gasteiger partial charge in [0.1, 0.15) is 0 Å². The van der Waals surface area contributed by atoms with Gasteiger partial charge in [0.15, 0.2) is 0 Å². The molecule has 1 amide bonds. The number of nitro benzene ring substituents is 1. The predicted molar refractivity (Wildman–Crippen MR) is 95.2 cm³/mol. The number of nitrogens with one attached hydrogen (secondary N) is 1. The Morgan fingerprint density at radius 3 is 2.54 bits per heavy atom. The predicted octanol–water partition coefficient (Wildman–Crippen LogP) is 0.693. The molecule has 2 rings (SSSR count). The third kappa shape index (κ3) is 5.48. The van der Waals surface area contributed by atoms with Gasteiger partial charge in [-0.15, -0.1) is 0 Å². The quantitative estimate of drug-likeness (QED) is 0.545. The summed E-state index contributed by atoms with van der Waals surface area (Å²) in [4.78, 5) is 22.4. The third-order valence-corrected chi connectivity index (χ3v) is 5.81. The number of nitrogens with zero attached hydrogens (tertiary/aromatic N) is 2. The zero-order chi connectivity index (χ0) is 19.3. The van der Waals surface area contributed by atoms with Crippen LogP contribution in [-0.4, -0.2) is 61.1 Å². The number of ether oxygens (including phenoxy) is 1. The number of rotatable bonds is 7. The van der Waals surface area contributed by atoms with Crippen LogP contribution < -0.4 is 5.32 Å². The van der Waals surface area contributed by atoms with Crippen LogP contribution in [0.5, 0.6) is 0 Å². The van der Waals surface area contributed by atoms with Gasteiger partial charge in [0, 0.05) is 31.3 Å². The van der Waals surface area contributed by atoms with Gasteiger partial charge in [-0.1, -0.05) is 18.2 Å². The molecule has 1 aromatic rings. The molecule has 1 aromatic carbocycles. The van der Waals surface area contributed by atoms with Gasteiger partial charge in [-0.05, 0) is 13.8 Å². The maximum atomic E-state index is 12.4. The summed E-state index contributed by atoms with van der Waals surface area (Å²) in [5, 5.41) is 13.5. The minimum Gasteiger partial charge on any atom is -0.373 e. The Balaban J connectivity index is 1.87. The van der Waals surface area contributed by atoms with Crippen molar-refractivity contribution in [1.82, 2.24) is 9.62 Å². The van der Waals surface area contributed by atoms with Gasteiger partial charge in [-0.25, -0.2) is 8.42 Å². The van der Waals surface area contributed by atoms with Gasteiger partial charge in [-0.2, -0.15) is 4.31 Å². The van der Waals surface area contributed by atoms with Gasteiger partial charge in [0.2, 0.25) is 15.9 Å². The lowest BCUT2D eigenvalue weighted by Gasteiger charge is -2.34. The van der Waals surface area contributed by atoms with Gasteiger partial charge in [-0.3, -0.25) is 14.9 Å².